The summed E-state index contributed by atoms with van der Waals surface area (Å²) in [5.41, 5.74) is 1.37. The minimum atomic E-state index is -0.270. The van der Waals surface area contributed by atoms with Crippen LogP contribution in [0.25, 0.3) is 0 Å². The molecule has 1 heterocycles. The maximum Gasteiger partial charge on any atom is 0.244 e. The molecule has 0 saturated carbocycles. The van der Waals surface area contributed by atoms with Gasteiger partial charge in [-0.05, 0) is 56.2 Å². The Morgan fingerprint density at radius 1 is 1.15 bits per heavy atom. The number of methoxy groups -OCH3 is 1. The van der Waals surface area contributed by atoms with Crippen LogP contribution in [0.3, 0.4) is 0 Å². The third kappa shape index (κ3) is 4.50. The first-order valence-corrected chi connectivity index (χ1v) is 9.02. The molecule has 1 aliphatic rings. The fraction of sp³-hybridized carbons (Fsp3) is 0.333. The van der Waals surface area contributed by atoms with Crippen LogP contribution in [0.2, 0.25) is 0 Å². The number of hydrogen-bond donors (Lipinski definition) is 1. The highest BCUT2D eigenvalue weighted by molar-refractivity contribution is 5.84. The number of carbonyl (C=O) groups is 1. The van der Waals surface area contributed by atoms with Gasteiger partial charge in [0.2, 0.25) is 5.91 Å². The van der Waals surface area contributed by atoms with E-state index in [0.29, 0.717) is 22.8 Å². The third-order valence-electron chi connectivity index (χ3n) is 4.55. The Morgan fingerprint density at radius 3 is 2.48 bits per heavy atom. The minimum Gasteiger partial charge on any atom is -0.493 e. The van der Waals surface area contributed by atoms with Crippen molar-refractivity contribution in [3.8, 4) is 23.3 Å². The standard InChI is InChI=1S/C21H23N3O3/c1-15(21(25)24-11-3-4-12-24)23-17-6-8-18(9-7-17)27-19-10-5-16(14-22)13-20(19)26-2/h5-10,13,15,23H,3-4,11-12H2,1-2H3. The van der Waals surface area contributed by atoms with Gasteiger partial charge in [0, 0.05) is 24.8 Å². The van der Waals surface area contributed by atoms with Crippen molar-refractivity contribution in [1.82, 2.24) is 4.90 Å². The molecule has 0 aliphatic carbocycles. The quantitative estimate of drug-likeness (QED) is 0.843. The molecular formula is C21H23N3O3. The van der Waals surface area contributed by atoms with E-state index in [0.717, 1.165) is 31.6 Å². The van der Waals surface area contributed by atoms with Crippen LogP contribution in [-0.4, -0.2) is 37.0 Å². The van der Waals surface area contributed by atoms with Gasteiger partial charge in [-0.15, -0.1) is 0 Å². The summed E-state index contributed by atoms with van der Waals surface area (Å²) in [7, 11) is 1.54. The lowest BCUT2D eigenvalue weighted by atomic mass is 10.2. The van der Waals surface area contributed by atoms with Crippen LogP contribution in [0.1, 0.15) is 25.3 Å². The van der Waals surface area contributed by atoms with Crippen molar-refractivity contribution in [3.05, 3.63) is 48.0 Å². The SMILES string of the molecule is COc1cc(C#N)ccc1Oc1ccc(NC(C)C(=O)N2CCCC2)cc1. The van der Waals surface area contributed by atoms with E-state index in [4.69, 9.17) is 14.7 Å². The normalized spacial score (nSPS) is 14.3. The first-order chi connectivity index (χ1) is 13.1. The summed E-state index contributed by atoms with van der Waals surface area (Å²) < 4.78 is 11.1. The zero-order valence-corrected chi connectivity index (χ0v) is 15.6. The monoisotopic (exact) mass is 365 g/mol. The lowest BCUT2D eigenvalue weighted by Gasteiger charge is -2.22. The second-order valence-corrected chi connectivity index (χ2v) is 6.50. The van der Waals surface area contributed by atoms with Gasteiger partial charge in [0.25, 0.3) is 0 Å². The number of likely N-dealkylation sites (tertiary alicyclic amines) is 1. The molecule has 3 rings (SSSR count). The number of benzene rings is 2. The molecule has 6 heteroatoms. The number of nitrogens with zero attached hydrogens (tertiary/aromatic N) is 2. The number of nitrogens with one attached hydrogen (secondary N) is 1. The van der Waals surface area contributed by atoms with Gasteiger partial charge in [0.15, 0.2) is 11.5 Å². The van der Waals surface area contributed by atoms with Crippen LogP contribution in [0.4, 0.5) is 5.69 Å². The smallest absolute Gasteiger partial charge is 0.244 e. The molecule has 2 aromatic carbocycles. The topological polar surface area (TPSA) is 74.6 Å². The van der Waals surface area contributed by atoms with Gasteiger partial charge in [-0.3, -0.25) is 4.79 Å². The molecule has 1 aliphatic heterocycles. The Hall–Kier alpha value is -3.20. The molecule has 1 atom stereocenters. The number of carbonyl (C=O) groups excluding carboxylic acids is 1. The Kier molecular flexibility index (Phi) is 5.82. The summed E-state index contributed by atoms with van der Waals surface area (Å²) in [6.07, 6.45) is 2.17. The van der Waals surface area contributed by atoms with Gasteiger partial charge in [0.1, 0.15) is 11.8 Å². The second-order valence-electron chi connectivity index (χ2n) is 6.50. The molecule has 6 nitrogen and oxygen atoms in total. The van der Waals surface area contributed by atoms with Gasteiger partial charge in [-0.1, -0.05) is 0 Å². The van der Waals surface area contributed by atoms with E-state index in [9.17, 15) is 4.79 Å². The summed E-state index contributed by atoms with van der Waals surface area (Å²) in [6, 6.07) is 14.2. The predicted molar refractivity (Wildman–Crippen MR) is 103 cm³/mol. The van der Waals surface area contributed by atoms with Crippen molar-refractivity contribution < 1.29 is 14.3 Å². The molecule has 1 fully saturated rings. The van der Waals surface area contributed by atoms with Crippen molar-refractivity contribution in [2.24, 2.45) is 0 Å². The van der Waals surface area contributed by atoms with Crippen LogP contribution in [0, 0.1) is 11.3 Å². The minimum absolute atomic E-state index is 0.134. The summed E-state index contributed by atoms with van der Waals surface area (Å²) in [5, 5.41) is 12.2. The number of anilines is 1. The van der Waals surface area contributed by atoms with Crippen molar-refractivity contribution in [1.29, 1.82) is 5.26 Å². The highest BCUT2D eigenvalue weighted by Crippen LogP contribution is 2.32. The van der Waals surface area contributed by atoms with Gasteiger partial charge in [-0.2, -0.15) is 5.26 Å². The maximum absolute atomic E-state index is 12.4. The first kappa shape index (κ1) is 18.6. The lowest BCUT2D eigenvalue weighted by molar-refractivity contribution is -0.130. The Bertz CT molecular complexity index is 837. The Labute approximate surface area is 159 Å². The maximum atomic E-state index is 12.4. The summed E-state index contributed by atoms with van der Waals surface area (Å²) in [6.45, 7) is 3.58. The molecule has 1 N–H and O–H groups in total. The van der Waals surface area contributed by atoms with E-state index >= 15 is 0 Å². The summed E-state index contributed by atoms with van der Waals surface area (Å²) >= 11 is 0. The van der Waals surface area contributed by atoms with Crippen molar-refractivity contribution >= 4 is 11.6 Å². The van der Waals surface area contributed by atoms with E-state index in [1.54, 1.807) is 18.2 Å². The molecule has 140 valence electrons. The highest BCUT2D eigenvalue weighted by atomic mass is 16.5. The van der Waals surface area contributed by atoms with E-state index in [2.05, 4.69) is 11.4 Å². The molecule has 0 radical (unpaired) electrons. The number of hydrogen-bond acceptors (Lipinski definition) is 5. The van der Waals surface area contributed by atoms with Crippen LogP contribution >= 0.6 is 0 Å². The molecule has 0 aromatic heterocycles. The number of ether oxygens (including phenoxy) is 2. The second kappa shape index (κ2) is 8.45. The molecule has 2 aromatic rings. The Morgan fingerprint density at radius 2 is 1.85 bits per heavy atom. The summed E-state index contributed by atoms with van der Waals surface area (Å²) in [4.78, 5) is 14.3. The molecule has 1 amide bonds. The number of nitriles is 1. The summed E-state index contributed by atoms with van der Waals surface area (Å²) in [5.74, 6) is 1.81. The fourth-order valence-corrected chi connectivity index (χ4v) is 3.09. The highest BCUT2D eigenvalue weighted by Gasteiger charge is 2.22. The van der Waals surface area contributed by atoms with Crippen LogP contribution in [-0.2, 0) is 4.79 Å². The molecule has 1 unspecified atom stereocenters. The van der Waals surface area contributed by atoms with E-state index in [1.807, 2.05) is 36.1 Å². The van der Waals surface area contributed by atoms with Crippen molar-refractivity contribution in [3.63, 3.8) is 0 Å². The average Bonchev–Trinajstić information content (AvgIpc) is 3.24. The lowest BCUT2D eigenvalue weighted by Crippen LogP contribution is -2.39. The van der Waals surface area contributed by atoms with Gasteiger partial charge < -0.3 is 19.7 Å². The van der Waals surface area contributed by atoms with Gasteiger partial charge >= 0.3 is 0 Å². The fourth-order valence-electron chi connectivity index (χ4n) is 3.09. The largest absolute Gasteiger partial charge is 0.493 e. The predicted octanol–water partition coefficient (Wildman–Crippen LogP) is 3.78. The van der Waals surface area contributed by atoms with Gasteiger partial charge in [-0.25, -0.2) is 0 Å². The third-order valence-corrected chi connectivity index (χ3v) is 4.55. The van der Waals surface area contributed by atoms with E-state index in [-0.39, 0.29) is 11.9 Å². The van der Waals surface area contributed by atoms with Gasteiger partial charge in [0.05, 0.1) is 18.7 Å². The Balaban J connectivity index is 1.63. The van der Waals surface area contributed by atoms with Crippen LogP contribution in [0.15, 0.2) is 42.5 Å². The van der Waals surface area contributed by atoms with Crippen LogP contribution < -0.4 is 14.8 Å². The first-order valence-electron chi connectivity index (χ1n) is 9.02. The van der Waals surface area contributed by atoms with E-state index < -0.39 is 0 Å². The molecule has 0 bridgehead atoms. The van der Waals surface area contributed by atoms with Crippen LogP contribution in [0.5, 0.6) is 17.2 Å². The average molecular weight is 365 g/mol. The molecule has 1 saturated heterocycles. The molecule has 27 heavy (non-hydrogen) atoms. The zero-order valence-electron chi connectivity index (χ0n) is 15.6. The molecule has 0 spiro atoms. The number of rotatable bonds is 6. The van der Waals surface area contributed by atoms with Crippen molar-refractivity contribution in [2.45, 2.75) is 25.8 Å². The number of amides is 1. The van der Waals surface area contributed by atoms with E-state index in [1.165, 1.54) is 7.11 Å². The molecular weight excluding hydrogens is 342 g/mol. The zero-order chi connectivity index (χ0) is 19.2. The van der Waals surface area contributed by atoms with Crippen molar-refractivity contribution in [2.75, 3.05) is 25.5 Å².